The molecule has 3 atom stereocenters. The zero-order valence-corrected chi connectivity index (χ0v) is 27.0. The van der Waals surface area contributed by atoms with Gasteiger partial charge in [0.15, 0.2) is 11.7 Å². The number of hydrogen-bond donors (Lipinski definition) is 4. The standard InChI is InChI=1S/C32H46N6O7/c1-18(2)27(37-31(43)45-32(4,5)6)29(42)38-14-8-10-23(38)24(39)16-20(9-7-13-35-30(33)34)28(41)36-21-11-12-22-19(3)15-26(40)44-25(22)17-21/h11-12,15,17-18,20,23,27H,7-10,13-14,16H2,1-6H3,(H,36,41)(H,37,43)(H4,33,34,35). The second-order valence-electron chi connectivity index (χ2n) is 12.8. The molecule has 1 saturated heterocycles. The number of nitrogens with one attached hydrogen (secondary N) is 2. The van der Waals surface area contributed by atoms with Crippen LogP contribution in [0.2, 0.25) is 0 Å². The van der Waals surface area contributed by atoms with E-state index in [4.69, 9.17) is 20.6 Å². The molecule has 1 aliphatic rings. The highest BCUT2D eigenvalue weighted by Crippen LogP contribution is 2.26. The number of rotatable bonds is 12. The number of likely N-dealkylation sites (tertiary alicyclic amines) is 1. The van der Waals surface area contributed by atoms with Gasteiger partial charge in [0.1, 0.15) is 17.2 Å². The second-order valence-corrected chi connectivity index (χ2v) is 12.8. The first-order valence-electron chi connectivity index (χ1n) is 15.3. The van der Waals surface area contributed by atoms with E-state index in [-0.39, 0.29) is 36.5 Å². The normalized spacial score (nSPS) is 16.2. The number of aryl methyl sites for hydroxylation is 1. The number of nitrogens with zero attached hydrogens (tertiary/aromatic N) is 2. The molecule has 13 nitrogen and oxygen atoms in total. The van der Waals surface area contributed by atoms with E-state index in [2.05, 4.69) is 15.6 Å². The lowest BCUT2D eigenvalue weighted by atomic mass is 9.92. The van der Waals surface area contributed by atoms with Gasteiger partial charge in [-0.05, 0) is 77.0 Å². The number of fused-ring (bicyclic) bond motifs is 1. The van der Waals surface area contributed by atoms with Crippen molar-refractivity contribution in [3.63, 3.8) is 0 Å². The summed E-state index contributed by atoms with van der Waals surface area (Å²) in [5, 5.41) is 6.26. The van der Waals surface area contributed by atoms with E-state index >= 15 is 0 Å². The van der Waals surface area contributed by atoms with E-state index in [0.717, 1.165) is 10.9 Å². The molecule has 0 bridgehead atoms. The van der Waals surface area contributed by atoms with Crippen LogP contribution in [0.3, 0.4) is 0 Å². The summed E-state index contributed by atoms with van der Waals surface area (Å²) < 4.78 is 10.7. The van der Waals surface area contributed by atoms with Crippen molar-refractivity contribution in [1.82, 2.24) is 10.2 Å². The van der Waals surface area contributed by atoms with Crippen molar-refractivity contribution in [2.75, 3.05) is 18.4 Å². The summed E-state index contributed by atoms with van der Waals surface area (Å²) >= 11 is 0. The van der Waals surface area contributed by atoms with Gasteiger partial charge >= 0.3 is 11.7 Å². The Balaban J connectivity index is 1.77. The van der Waals surface area contributed by atoms with E-state index in [9.17, 15) is 24.0 Å². The summed E-state index contributed by atoms with van der Waals surface area (Å²) in [5.74, 6) is -2.09. The van der Waals surface area contributed by atoms with Crippen LogP contribution in [0.4, 0.5) is 10.5 Å². The zero-order chi connectivity index (χ0) is 33.5. The van der Waals surface area contributed by atoms with Gasteiger partial charge in [0.05, 0.1) is 6.04 Å². The number of ether oxygens (including phenoxy) is 1. The summed E-state index contributed by atoms with van der Waals surface area (Å²) in [6.07, 6.45) is 0.992. The minimum atomic E-state index is -0.886. The smallest absolute Gasteiger partial charge is 0.408 e. The molecule has 2 aromatic rings. The van der Waals surface area contributed by atoms with Gasteiger partial charge in [-0.15, -0.1) is 0 Å². The number of hydrogen-bond acceptors (Lipinski definition) is 8. The Labute approximate surface area is 263 Å². The van der Waals surface area contributed by atoms with Crippen molar-refractivity contribution in [2.24, 2.45) is 28.3 Å². The molecule has 1 fully saturated rings. The van der Waals surface area contributed by atoms with Crippen molar-refractivity contribution in [3.8, 4) is 0 Å². The molecule has 1 aliphatic heterocycles. The zero-order valence-electron chi connectivity index (χ0n) is 27.0. The Kier molecular flexibility index (Phi) is 11.7. The minimum Gasteiger partial charge on any atom is -0.444 e. The Hall–Kier alpha value is -4.42. The molecule has 1 aromatic heterocycles. The Morgan fingerprint density at radius 2 is 1.87 bits per heavy atom. The highest BCUT2D eigenvalue weighted by atomic mass is 16.6. The maximum absolute atomic E-state index is 13.7. The first-order chi connectivity index (χ1) is 21.1. The molecular formula is C32H46N6O7. The van der Waals surface area contributed by atoms with Crippen LogP contribution >= 0.6 is 0 Å². The summed E-state index contributed by atoms with van der Waals surface area (Å²) in [6, 6.07) is 4.80. The van der Waals surface area contributed by atoms with Crippen LogP contribution in [0.25, 0.3) is 11.0 Å². The SMILES string of the molecule is Cc1cc(=O)oc2cc(NC(=O)C(CCCN=C(N)N)CC(=O)C3CCCN3C(=O)C(NC(=O)OC(C)(C)C)C(C)C)ccc12. The third-order valence-electron chi connectivity index (χ3n) is 7.55. The number of guanidine groups is 1. The number of Topliss-reactive ketones (excluding diaryl/α,β-unsaturated/α-hetero) is 1. The number of alkyl carbamates (subject to hydrolysis) is 1. The first kappa shape index (κ1) is 35.1. The third kappa shape index (κ3) is 10.0. The topological polar surface area (TPSA) is 199 Å². The van der Waals surface area contributed by atoms with Crippen molar-refractivity contribution in [1.29, 1.82) is 0 Å². The lowest BCUT2D eigenvalue weighted by molar-refractivity contribution is -0.140. The number of carbonyl (C=O) groups is 4. The molecular weight excluding hydrogens is 580 g/mol. The molecule has 3 rings (SSSR count). The average molecular weight is 627 g/mol. The summed E-state index contributed by atoms with van der Waals surface area (Å²) in [7, 11) is 0. The molecule has 0 saturated carbocycles. The monoisotopic (exact) mass is 626 g/mol. The summed E-state index contributed by atoms with van der Waals surface area (Å²) in [6.45, 7) is 11.2. The second kappa shape index (κ2) is 15.0. The molecule has 0 spiro atoms. The van der Waals surface area contributed by atoms with Crippen LogP contribution in [-0.4, -0.2) is 65.3 Å². The van der Waals surface area contributed by atoms with Crippen LogP contribution in [0.1, 0.15) is 72.3 Å². The molecule has 45 heavy (non-hydrogen) atoms. The fourth-order valence-electron chi connectivity index (χ4n) is 5.39. The van der Waals surface area contributed by atoms with Crippen molar-refractivity contribution in [3.05, 3.63) is 40.2 Å². The van der Waals surface area contributed by atoms with Gasteiger partial charge in [0.2, 0.25) is 11.8 Å². The molecule has 246 valence electrons. The summed E-state index contributed by atoms with van der Waals surface area (Å²) in [4.78, 5) is 70.7. The van der Waals surface area contributed by atoms with E-state index in [0.29, 0.717) is 43.5 Å². The molecule has 0 aliphatic carbocycles. The quantitative estimate of drug-likeness (QED) is 0.118. The van der Waals surface area contributed by atoms with Gasteiger partial charge in [-0.2, -0.15) is 0 Å². The summed E-state index contributed by atoms with van der Waals surface area (Å²) in [5.41, 5.74) is 11.1. The van der Waals surface area contributed by atoms with Crippen molar-refractivity contribution >= 4 is 46.3 Å². The molecule has 13 heteroatoms. The Morgan fingerprint density at radius 3 is 2.51 bits per heavy atom. The fourth-order valence-corrected chi connectivity index (χ4v) is 5.39. The van der Waals surface area contributed by atoms with Gasteiger partial charge in [0, 0.05) is 48.6 Å². The van der Waals surface area contributed by atoms with Gasteiger partial charge in [-0.25, -0.2) is 9.59 Å². The predicted molar refractivity (Wildman–Crippen MR) is 172 cm³/mol. The molecule has 3 unspecified atom stereocenters. The Bertz CT molecular complexity index is 1490. The van der Waals surface area contributed by atoms with Crippen LogP contribution in [0.5, 0.6) is 0 Å². The third-order valence-corrected chi connectivity index (χ3v) is 7.55. The first-order valence-corrected chi connectivity index (χ1v) is 15.3. The molecule has 2 heterocycles. The van der Waals surface area contributed by atoms with E-state index in [1.165, 1.54) is 11.0 Å². The molecule has 0 radical (unpaired) electrons. The molecule has 1 aromatic carbocycles. The lowest BCUT2D eigenvalue weighted by Crippen LogP contribution is -2.54. The number of amides is 3. The maximum atomic E-state index is 13.7. The number of anilines is 1. The van der Waals surface area contributed by atoms with E-state index < -0.39 is 41.2 Å². The Morgan fingerprint density at radius 1 is 1.16 bits per heavy atom. The predicted octanol–water partition coefficient (Wildman–Crippen LogP) is 3.21. The van der Waals surface area contributed by atoms with Crippen molar-refractivity contribution < 1.29 is 28.3 Å². The van der Waals surface area contributed by atoms with Gasteiger partial charge in [-0.3, -0.25) is 19.4 Å². The fraction of sp³-hybridized carbons (Fsp3) is 0.562. The van der Waals surface area contributed by atoms with Gasteiger partial charge in [0.25, 0.3) is 0 Å². The number of ketones is 1. The van der Waals surface area contributed by atoms with Crippen LogP contribution < -0.4 is 27.7 Å². The van der Waals surface area contributed by atoms with E-state index in [1.807, 2.05) is 13.8 Å². The number of aliphatic imine (C=N–C) groups is 1. The number of benzene rings is 1. The molecule has 3 amide bonds. The van der Waals surface area contributed by atoms with Gasteiger partial charge in [-0.1, -0.05) is 13.8 Å². The van der Waals surface area contributed by atoms with Crippen LogP contribution in [0.15, 0.2) is 38.5 Å². The van der Waals surface area contributed by atoms with Crippen LogP contribution in [-0.2, 0) is 19.1 Å². The highest BCUT2D eigenvalue weighted by molar-refractivity contribution is 5.99. The van der Waals surface area contributed by atoms with Crippen molar-refractivity contribution in [2.45, 2.75) is 91.3 Å². The number of nitrogens with two attached hydrogens (primary N) is 2. The van der Waals surface area contributed by atoms with Crippen LogP contribution in [0, 0.1) is 18.8 Å². The largest absolute Gasteiger partial charge is 0.444 e. The minimum absolute atomic E-state index is 0.0696. The van der Waals surface area contributed by atoms with E-state index in [1.54, 1.807) is 45.9 Å². The average Bonchev–Trinajstić information content (AvgIpc) is 3.41. The molecule has 6 N–H and O–H groups in total. The lowest BCUT2D eigenvalue weighted by Gasteiger charge is -2.31. The number of carbonyl (C=O) groups excluding carboxylic acids is 4. The van der Waals surface area contributed by atoms with Gasteiger partial charge < -0.3 is 36.2 Å². The highest BCUT2D eigenvalue weighted by Gasteiger charge is 2.40. The maximum Gasteiger partial charge on any atom is 0.408 e.